The van der Waals surface area contributed by atoms with Crippen LogP contribution in [0.1, 0.15) is 18.2 Å². The Morgan fingerprint density at radius 2 is 2.33 bits per heavy atom. The highest BCUT2D eigenvalue weighted by molar-refractivity contribution is 5.46. The molecule has 0 fully saturated rings. The number of aromatic nitrogens is 1. The molecule has 0 N–H and O–H groups in total. The van der Waals surface area contributed by atoms with Crippen LogP contribution in [0.3, 0.4) is 0 Å². The maximum Gasteiger partial charge on any atom is 0.0845 e. The highest BCUT2D eigenvalue weighted by Gasteiger charge is 1.86. The third-order valence-corrected chi connectivity index (χ3v) is 1.46. The van der Waals surface area contributed by atoms with Gasteiger partial charge in [0.25, 0.3) is 0 Å². The van der Waals surface area contributed by atoms with E-state index in [0.29, 0.717) is 6.61 Å². The van der Waals surface area contributed by atoms with Crippen LogP contribution in [-0.4, -0.2) is 11.6 Å². The number of ether oxygens (including phenoxy) is 1. The standard InChI is InChI=1S/C10H13NO/c1-3-12-7-6-10-5-4-9(2)11-8-10/h4-8H,3H2,1-2H3. The molecule has 0 aliphatic heterocycles. The van der Waals surface area contributed by atoms with Crippen molar-refractivity contribution in [1.82, 2.24) is 4.98 Å². The van der Waals surface area contributed by atoms with E-state index in [1.54, 1.807) is 6.26 Å². The van der Waals surface area contributed by atoms with Crippen LogP contribution in [0, 0.1) is 6.92 Å². The van der Waals surface area contributed by atoms with Gasteiger partial charge in [-0.1, -0.05) is 6.07 Å². The zero-order valence-corrected chi connectivity index (χ0v) is 7.45. The van der Waals surface area contributed by atoms with E-state index in [0.717, 1.165) is 11.3 Å². The lowest BCUT2D eigenvalue weighted by Gasteiger charge is -1.94. The number of aryl methyl sites for hydroxylation is 1. The molecule has 0 aliphatic rings. The summed E-state index contributed by atoms with van der Waals surface area (Å²) in [7, 11) is 0. The van der Waals surface area contributed by atoms with Gasteiger partial charge in [0.15, 0.2) is 0 Å². The molecule has 0 aliphatic carbocycles. The highest BCUT2D eigenvalue weighted by atomic mass is 16.5. The van der Waals surface area contributed by atoms with E-state index in [2.05, 4.69) is 4.98 Å². The molecule has 1 heterocycles. The zero-order chi connectivity index (χ0) is 8.81. The van der Waals surface area contributed by atoms with E-state index in [9.17, 15) is 0 Å². The monoisotopic (exact) mass is 163 g/mol. The Morgan fingerprint density at radius 3 is 2.92 bits per heavy atom. The van der Waals surface area contributed by atoms with Crippen LogP contribution in [0.2, 0.25) is 0 Å². The fourth-order valence-corrected chi connectivity index (χ4v) is 0.801. The molecule has 2 heteroatoms. The molecule has 0 spiro atoms. The molecule has 1 aromatic heterocycles. The van der Waals surface area contributed by atoms with Crippen molar-refractivity contribution in [3.05, 3.63) is 35.8 Å². The third kappa shape index (κ3) is 2.74. The Kier molecular flexibility index (Phi) is 3.33. The number of pyridine rings is 1. The largest absolute Gasteiger partial charge is 0.501 e. The molecule has 0 saturated heterocycles. The minimum Gasteiger partial charge on any atom is -0.501 e. The fourth-order valence-electron chi connectivity index (χ4n) is 0.801. The quantitative estimate of drug-likeness (QED) is 0.638. The molecule has 0 radical (unpaired) electrons. The lowest BCUT2D eigenvalue weighted by molar-refractivity contribution is 0.272. The Balaban J connectivity index is 2.58. The van der Waals surface area contributed by atoms with Crippen molar-refractivity contribution in [2.24, 2.45) is 0 Å². The van der Waals surface area contributed by atoms with Crippen LogP contribution in [0.5, 0.6) is 0 Å². The van der Waals surface area contributed by atoms with Crippen molar-refractivity contribution in [3.8, 4) is 0 Å². The summed E-state index contributed by atoms with van der Waals surface area (Å²) in [5.74, 6) is 0. The molecular formula is C10H13NO. The minimum absolute atomic E-state index is 0.704. The molecule has 0 saturated carbocycles. The number of hydrogen-bond acceptors (Lipinski definition) is 2. The molecule has 0 bridgehead atoms. The van der Waals surface area contributed by atoms with Gasteiger partial charge in [0, 0.05) is 11.9 Å². The molecule has 0 unspecified atom stereocenters. The predicted octanol–water partition coefficient (Wildman–Crippen LogP) is 2.40. The topological polar surface area (TPSA) is 22.1 Å². The van der Waals surface area contributed by atoms with Crippen molar-refractivity contribution >= 4 is 6.08 Å². The van der Waals surface area contributed by atoms with Crippen LogP contribution in [0.25, 0.3) is 6.08 Å². The summed E-state index contributed by atoms with van der Waals surface area (Å²) in [5.41, 5.74) is 2.10. The predicted molar refractivity (Wildman–Crippen MR) is 49.6 cm³/mol. The first-order valence-corrected chi connectivity index (χ1v) is 4.03. The number of rotatable bonds is 3. The van der Waals surface area contributed by atoms with Gasteiger partial charge >= 0.3 is 0 Å². The molecule has 0 amide bonds. The van der Waals surface area contributed by atoms with Gasteiger partial charge in [0.1, 0.15) is 0 Å². The van der Waals surface area contributed by atoms with Crippen LogP contribution in [-0.2, 0) is 4.74 Å². The summed E-state index contributed by atoms with van der Waals surface area (Å²) in [6, 6.07) is 3.99. The van der Waals surface area contributed by atoms with E-state index in [-0.39, 0.29) is 0 Å². The average molecular weight is 163 g/mol. The molecular weight excluding hydrogens is 150 g/mol. The van der Waals surface area contributed by atoms with Crippen molar-refractivity contribution in [1.29, 1.82) is 0 Å². The van der Waals surface area contributed by atoms with E-state index in [4.69, 9.17) is 4.74 Å². The summed E-state index contributed by atoms with van der Waals surface area (Å²) in [6.45, 7) is 4.63. The van der Waals surface area contributed by atoms with E-state index in [1.165, 1.54) is 0 Å². The SMILES string of the molecule is CCOC=Cc1ccc(C)nc1. The van der Waals surface area contributed by atoms with E-state index < -0.39 is 0 Å². The maximum atomic E-state index is 5.06. The smallest absolute Gasteiger partial charge is 0.0845 e. The van der Waals surface area contributed by atoms with Crippen molar-refractivity contribution in [3.63, 3.8) is 0 Å². The first-order valence-electron chi connectivity index (χ1n) is 4.03. The third-order valence-electron chi connectivity index (χ3n) is 1.46. The van der Waals surface area contributed by atoms with Crippen molar-refractivity contribution in [2.75, 3.05) is 6.61 Å². The molecule has 0 atom stereocenters. The summed E-state index contributed by atoms with van der Waals surface area (Å²) < 4.78 is 5.06. The normalized spacial score (nSPS) is 10.5. The van der Waals surface area contributed by atoms with Crippen LogP contribution in [0.4, 0.5) is 0 Å². The Hall–Kier alpha value is -1.31. The van der Waals surface area contributed by atoms with Crippen molar-refractivity contribution in [2.45, 2.75) is 13.8 Å². The van der Waals surface area contributed by atoms with Gasteiger partial charge in [0.05, 0.1) is 12.9 Å². The van der Waals surface area contributed by atoms with Gasteiger partial charge in [-0.3, -0.25) is 4.98 Å². The second-order valence-corrected chi connectivity index (χ2v) is 2.49. The second kappa shape index (κ2) is 4.54. The van der Waals surface area contributed by atoms with Crippen LogP contribution in [0.15, 0.2) is 24.6 Å². The van der Waals surface area contributed by atoms with Gasteiger partial charge in [-0.25, -0.2) is 0 Å². The Bertz CT molecular complexity index is 251. The summed E-state index contributed by atoms with van der Waals surface area (Å²) >= 11 is 0. The summed E-state index contributed by atoms with van der Waals surface area (Å²) in [6.07, 6.45) is 5.41. The lowest BCUT2D eigenvalue weighted by Crippen LogP contribution is -1.81. The average Bonchev–Trinajstić information content (AvgIpc) is 2.09. The number of nitrogens with zero attached hydrogens (tertiary/aromatic N) is 1. The first kappa shape index (κ1) is 8.78. The molecule has 1 rings (SSSR count). The van der Waals surface area contributed by atoms with E-state index in [1.807, 2.05) is 38.3 Å². The maximum absolute atomic E-state index is 5.06. The molecule has 0 aromatic carbocycles. The molecule has 2 nitrogen and oxygen atoms in total. The summed E-state index contributed by atoms with van der Waals surface area (Å²) in [4.78, 5) is 4.15. The van der Waals surface area contributed by atoms with Crippen LogP contribution < -0.4 is 0 Å². The minimum atomic E-state index is 0.704. The fraction of sp³-hybridized carbons (Fsp3) is 0.300. The lowest BCUT2D eigenvalue weighted by atomic mass is 10.2. The van der Waals surface area contributed by atoms with E-state index >= 15 is 0 Å². The van der Waals surface area contributed by atoms with Gasteiger partial charge < -0.3 is 4.74 Å². The van der Waals surface area contributed by atoms with Gasteiger partial charge in [0.2, 0.25) is 0 Å². The zero-order valence-electron chi connectivity index (χ0n) is 7.45. The van der Waals surface area contributed by atoms with Gasteiger partial charge in [-0.05, 0) is 31.6 Å². The second-order valence-electron chi connectivity index (χ2n) is 2.49. The van der Waals surface area contributed by atoms with Crippen molar-refractivity contribution < 1.29 is 4.74 Å². The first-order chi connectivity index (χ1) is 5.83. The van der Waals surface area contributed by atoms with Gasteiger partial charge in [-0.2, -0.15) is 0 Å². The van der Waals surface area contributed by atoms with Crippen LogP contribution >= 0.6 is 0 Å². The van der Waals surface area contributed by atoms with Gasteiger partial charge in [-0.15, -0.1) is 0 Å². The summed E-state index contributed by atoms with van der Waals surface area (Å²) in [5, 5.41) is 0. The Labute approximate surface area is 72.9 Å². The molecule has 64 valence electrons. The molecule has 12 heavy (non-hydrogen) atoms. The number of hydrogen-bond donors (Lipinski definition) is 0. The molecule has 1 aromatic rings. The highest BCUT2D eigenvalue weighted by Crippen LogP contribution is 2.01. The Morgan fingerprint density at radius 1 is 1.50 bits per heavy atom.